The van der Waals surface area contributed by atoms with Crippen LogP contribution in [0.15, 0.2) is 0 Å². The molecule has 5 nitrogen and oxygen atoms in total. The van der Waals surface area contributed by atoms with Crippen molar-refractivity contribution in [3.63, 3.8) is 0 Å². The van der Waals surface area contributed by atoms with E-state index < -0.39 is 0 Å². The van der Waals surface area contributed by atoms with Crippen LogP contribution in [0, 0.1) is 0 Å². The Balaban J connectivity index is 2.69. The van der Waals surface area contributed by atoms with Gasteiger partial charge in [0.15, 0.2) is 0 Å². The first-order chi connectivity index (χ1) is 7.69. The average molecular weight is 224 g/mol. The quantitative estimate of drug-likeness (QED) is 0.704. The molecular weight excluding hydrogens is 204 g/mol. The first kappa shape index (κ1) is 12.7. The molecule has 1 amide bonds. The molecule has 0 saturated carbocycles. The number of amides is 1. The van der Waals surface area contributed by atoms with E-state index in [2.05, 4.69) is 17.2 Å². The number of hydrogen-bond acceptors (Lipinski definition) is 3. The van der Waals surface area contributed by atoms with E-state index in [0.717, 1.165) is 30.8 Å². The molecule has 16 heavy (non-hydrogen) atoms. The van der Waals surface area contributed by atoms with Gasteiger partial charge in [0.1, 0.15) is 0 Å². The molecule has 0 unspecified atom stereocenters. The van der Waals surface area contributed by atoms with Gasteiger partial charge in [0.05, 0.1) is 17.8 Å². The maximum absolute atomic E-state index is 10.9. The van der Waals surface area contributed by atoms with Crippen LogP contribution in [0.5, 0.6) is 0 Å². The zero-order valence-electron chi connectivity index (χ0n) is 10.1. The summed E-state index contributed by atoms with van der Waals surface area (Å²) >= 11 is 0. The van der Waals surface area contributed by atoms with E-state index in [4.69, 9.17) is 5.73 Å². The Hall–Kier alpha value is -1.39. The topological polar surface area (TPSA) is 73.8 Å². The van der Waals surface area contributed by atoms with Crippen molar-refractivity contribution < 1.29 is 4.79 Å². The molecule has 0 aliphatic heterocycles. The second kappa shape index (κ2) is 6.25. The minimum atomic E-state index is -0.352. The van der Waals surface area contributed by atoms with Crippen LogP contribution in [-0.4, -0.2) is 20.9 Å². The highest BCUT2D eigenvalue weighted by atomic mass is 16.1. The lowest BCUT2D eigenvalue weighted by molar-refractivity contribution is -0.117. The molecule has 1 heterocycles. The fraction of sp³-hybridized carbons (Fsp3) is 0.727. The summed E-state index contributed by atoms with van der Waals surface area (Å²) in [4.78, 5) is 10.9. The van der Waals surface area contributed by atoms with Crippen molar-refractivity contribution in [1.82, 2.24) is 15.0 Å². The lowest BCUT2D eigenvalue weighted by Gasteiger charge is -2.04. The maximum atomic E-state index is 10.9. The Morgan fingerprint density at radius 1 is 1.38 bits per heavy atom. The number of aromatic nitrogens is 3. The number of nitrogens with two attached hydrogens (primary N) is 1. The minimum Gasteiger partial charge on any atom is -0.369 e. The SMILES string of the molecule is CCCCCn1nnc(CC(N)=O)c1CC. The Bertz CT molecular complexity index is 346. The Kier molecular flexibility index (Phi) is 4.95. The molecule has 0 atom stereocenters. The summed E-state index contributed by atoms with van der Waals surface area (Å²) in [5.74, 6) is -0.352. The molecule has 1 aromatic heterocycles. The van der Waals surface area contributed by atoms with E-state index in [1.54, 1.807) is 0 Å². The van der Waals surface area contributed by atoms with Crippen LogP contribution in [0.3, 0.4) is 0 Å². The normalized spacial score (nSPS) is 10.6. The number of carbonyl (C=O) groups is 1. The van der Waals surface area contributed by atoms with Gasteiger partial charge in [0.25, 0.3) is 0 Å². The van der Waals surface area contributed by atoms with Gasteiger partial charge in [-0.25, -0.2) is 4.68 Å². The summed E-state index contributed by atoms with van der Waals surface area (Å²) < 4.78 is 1.90. The van der Waals surface area contributed by atoms with E-state index >= 15 is 0 Å². The highest BCUT2D eigenvalue weighted by Crippen LogP contribution is 2.09. The Morgan fingerprint density at radius 2 is 2.12 bits per heavy atom. The first-order valence-corrected chi connectivity index (χ1v) is 5.88. The molecule has 1 rings (SSSR count). The van der Waals surface area contributed by atoms with Gasteiger partial charge in [-0.15, -0.1) is 5.10 Å². The Labute approximate surface area is 96.0 Å². The van der Waals surface area contributed by atoms with Crippen molar-refractivity contribution in [2.45, 2.75) is 52.5 Å². The van der Waals surface area contributed by atoms with E-state index in [0.29, 0.717) is 0 Å². The van der Waals surface area contributed by atoms with Crippen LogP contribution < -0.4 is 5.73 Å². The van der Waals surface area contributed by atoms with Crippen LogP contribution in [0.25, 0.3) is 0 Å². The van der Waals surface area contributed by atoms with Crippen molar-refractivity contribution in [2.24, 2.45) is 5.73 Å². The molecule has 0 aromatic carbocycles. The van der Waals surface area contributed by atoms with Gasteiger partial charge in [0, 0.05) is 6.54 Å². The molecule has 0 fully saturated rings. The molecule has 0 bridgehead atoms. The minimum absolute atomic E-state index is 0.191. The zero-order valence-corrected chi connectivity index (χ0v) is 10.1. The lowest BCUT2D eigenvalue weighted by atomic mass is 10.2. The predicted molar refractivity (Wildman–Crippen MR) is 61.8 cm³/mol. The van der Waals surface area contributed by atoms with E-state index in [-0.39, 0.29) is 12.3 Å². The third-order valence-electron chi connectivity index (χ3n) is 2.57. The number of carbonyl (C=O) groups excluding carboxylic acids is 1. The highest BCUT2D eigenvalue weighted by Gasteiger charge is 2.12. The van der Waals surface area contributed by atoms with Crippen molar-refractivity contribution in [1.29, 1.82) is 0 Å². The second-order valence-electron chi connectivity index (χ2n) is 3.91. The van der Waals surface area contributed by atoms with Crippen molar-refractivity contribution >= 4 is 5.91 Å². The molecule has 90 valence electrons. The smallest absolute Gasteiger partial charge is 0.223 e. The molecule has 1 aromatic rings. The zero-order chi connectivity index (χ0) is 12.0. The summed E-state index contributed by atoms with van der Waals surface area (Å²) in [5, 5.41) is 8.09. The van der Waals surface area contributed by atoms with Crippen LogP contribution in [-0.2, 0) is 24.2 Å². The van der Waals surface area contributed by atoms with Gasteiger partial charge in [-0.1, -0.05) is 31.9 Å². The number of hydrogen-bond donors (Lipinski definition) is 1. The third-order valence-corrected chi connectivity index (χ3v) is 2.57. The summed E-state index contributed by atoms with van der Waals surface area (Å²) in [7, 11) is 0. The molecule has 5 heteroatoms. The predicted octanol–water partition coefficient (Wildman–Crippen LogP) is 1.06. The maximum Gasteiger partial charge on any atom is 0.223 e. The van der Waals surface area contributed by atoms with Gasteiger partial charge in [-0.05, 0) is 12.8 Å². The van der Waals surface area contributed by atoms with Crippen LogP contribution in [0.1, 0.15) is 44.5 Å². The van der Waals surface area contributed by atoms with Crippen LogP contribution in [0.2, 0.25) is 0 Å². The second-order valence-corrected chi connectivity index (χ2v) is 3.91. The molecule has 0 radical (unpaired) electrons. The number of rotatable bonds is 7. The number of primary amides is 1. The van der Waals surface area contributed by atoms with E-state index in [1.165, 1.54) is 12.8 Å². The van der Waals surface area contributed by atoms with Crippen molar-refractivity contribution in [2.75, 3.05) is 0 Å². The fourth-order valence-corrected chi connectivity index (χ4v) is 1.75. The largest absolute Gasteiger partial charge is 0.369 e. The van der Waals surface area contributed by atoms with Gasteiger partial charge in [-0.3, -0.25) is 4.79 Å². The Morgan fingerprint density at radius 3 is 2.69 bits per heavy atom. The van der Waals surface area contributed by atoms with Crippen LogP contribution in [0.4, 0.5) is 0 Å². The van der Waals surface area contributed by atoms with E-state index in [9.17, 15) is 4.79 Å². The number of nitrogens with zero attached hydrogens (tertiary/aromatic N) is 3. The van der Waals surface area contributed by atoms with Gasteiger partial charge in [-0.2, -0.15) is 0 Å². The summed E-state index contributed by atoms with van der Waals surface area (Å²) in [5.41, 5.74) is 6.93. The lowest BCUT2D eigenvalue weighted by Crippen LogP contribution is -2.15. The standard InChI is InChI=1S/C11H20N4O/c1-3-5-6-7-15-10(4-2)9(13-14-15)8-11(12)16/h3-8H2,1-2H3,(H2,12,16). The molecule has 0 spiro atoms. The fourth-order valence-electron chi connectivity index (χ4n) is 1.75. The van der Waals surface area contributed by atoms with Crippen molar-refractivity contribution in [3.05, 3.63) is 11.4 Å². The van der Waals surface area contributed by atoms with Crippen molar-refractivity contribution in [3.8, 4) is 0 Å². The molecule has 0 aliphatic carbocycles. The van der Waals surface area contributed by atoms with E-state index in [1.807, 2.05) is 11.6 Å². The molecule has 2 N–H and O–H groups in total. The monoisotopic (exact) mass is 224 g/mol. The molecule has 0 saturated heterocycles. The van der Waals surface area contributed by atoms with Crippen LogP contribution >= 0.6 is 0 Å². The van der Waals surface area contributed by atoms with Gasteiger partial charge >= 0.3 is 0 Å². The summed E-state index contributed by atoms with van der Waals surface area (Å²) in [6, 6.07) is 0. The number of aryl methyl sites for hydroxylation is 1. The van der Waals surface area contributed by atoms with Gasteiger partial charge in [0.2, 0.25) is 5.91 Å². The molecule has 0 aliphatic rings. The summed E-state index contributed by atoms with van der Waals surface area (Å²) in [6.45, 7) is 5.09. The average Bonchev–Trinajstić information content (AvgIpc) is 2.60. The summed E-state index contributed by atoms with van der Waals surface area (Å²) in [6.07, 6.45) is 4.50. The first-order valence-electron chi connectivity index (χ1n) is 5.88. The number of unbranched alkanes of at least 4 members (excludes halogenated alkanes) is 2. The highest BCUT2D eigenvalue weighted by molar-refractivity contribution is 5.76. The van der Waals surface area contributed by atoms with Gasteiger partial charge < -0.3 is 5.73 Å². The third kappa shape index (κ3) is 3.32. The molecular formula is C11H20N4O.